The van der Waals surface area contributed by atoms with Crippen molar-refractivity contribution < 1.29 is 8.83 Å². The Bertz CT molecular complexity index is 3500. The molecule has 12 aromatic rings. The Morgan fingerprint density at radius 1 is 0.339 bits per heavy atom. The van der Waals surface area contributed by atoms with Gasteiger partial charge in [-0.25, -0.2) is 19.9 Å². The largest absolute Gasteiger partial charge is 0.455 e. The zero-order chi connectivity index (χ0) is 36.7. The number of benzene rings is 9. The lowest BCUT2D eigenvalue weighted by Gasteiger charge is -2.13. The Hall–Kier alpha value is -7.70. The molecule has 0 aliphatic carbocycles. The van der Waals surface area contributed by atoms with E-state index in [-0.39, 0.29) is 0 Å². The summed E-state index contributed by atoms with van der Waals surface area (Å²) in [6, 6.07) is 58.2. The summed E-state index contributed by atoms with van der Waals surface area (Å²) in [5, 5.41) is 11.1. The molecule has 0 spiro atoms. The van der Waals surface area contributed by atoms with Crippen LogP contribution in [0.25, 0.3) is 122 Å². The van der Waals surface area contributed by atoms with Crippen LogP contribution in [0, 0.1) is 0 Å². The van der Waals surface area contributed by atoms with Gasteiger partial charge in [0.2, 0.25) is 5.89 Å². The summed E-state index contributed by atoms with van der Waals surface area (Å²) in [7, 11) is 0. The Labute approximate surface area is 319 Å². The molecule has 0 unspecified atom stereocenters. The fourth-order valence-corrected chi connectivity index (χ4v) is 8.35. The van der Waals surface area contributed by atoms with E-state index in [9.17, 15) is 0 Å². The molecule has 3 heterocycles. The highest BCUT2D eigenvalue weighted by Crippen LogP contribution is 2.44. The minimum Gasteiger partial charge on any atom is -0.455 e. The first kappa shape index (κ1) is 30.7. The normalized spacial score (nSPS) is 11.9. The molecule has 0 saturated carbocycles. The third-order valence-corrected chi connectivity index (χ3v) is 10.9. The van der Waals surface area contributed by atoms with Crippen molar-refractivity contribution in [3.8, 4) is 45.6 Å². The van der Waals surface area contributed by atoms with Crippen molar-refractivity contribution in [3.05, 3.63) is 170 Å². The Morgan fingerprint density at radius 2 is 0.911 bits per heavy atom. The van der Waals surface area contributed by atoms with Crippen molar-refractivity contribution in [3.63, 3.8) is 0 Å². The molecule has 0 fully saturated rings. The first-order valence-electron chi connectivity index (χ1n) is 18.6. The molecule has 0 N–H and O–H groups in total. The fourth-order valence-electron chi connectivity index (χ4n) is 8.35. The van der Waals surface area contributed by atoms with Gasteiger partial charge in [0.15, 0.2) is 23.1 Å². The van der Waals surface area contributed by atoms with Crippen LogP contribution in [0.5, 0.6) is 0 Å². The van der Waals surface area contributed by atoms with Crippen LogP contribution in [0.2, 0.25) is 0 Å². The standard InChI is InChI=1S/C50H28N4O2/c1-3-13-29(14-4-1)47-52-48(32-23-24-38-36-21-10-9-19-34(36)35-20-11-12-22-37(35)39(38)28-32)54-49(53-47)40-27-31-17-7-8-18-33(31)43-44-42(55-45(40)43)26-25-41-46(44)56-50(51-41)30-15-5-2-6-16-30/h1-28H. The average Bonchev–Trinajstić information content (AvgIpc) is 3.89. The van der Waals surface area contributed by atoms with E-state index >= 15 is 0 Å². The van der Waals surface area contributed by atoms with Crippen molar-refractivity contribution >= 4 is 76.1 Å². The van der Waals surface area contributed by atoms with Crippen LogP contribution in [-0.2, 0) is 0 Å². The van der Waals surface area contributed by atoms with Gasteiger partial charge >= 0.3 is 0 Å². The molecule has 0 atom stereocenters. The maximum Gasteiger partial charge on any atom is 0.227 e. The van der Waals surface area contributed by atoms with Crippen LogP contribution >= 0.6 is 0 Å². The molecule has 6 nitrogen and oxygen atoms in total. The molecule has 12 rings (SSSR count). The molecule has 260 valence electrons. The molecule has 6 heteroatoms. The van der Waals surface area contributed by atoms with Gasteiger partial charge in [-0.3, -0.25) is 0 Å². The summed E-state index contributed by atoms with van der Waals surface area (Å²) in [6.45, 7) is 0. The van der Waals surface area contributed by atoms with Gasteiger partial charge in [0.1, 0.15) is 16.7 Å². The van der Waals surface area contributed by atoms with Gasteiger partial charge in [-0.2, -0.15) is 0 Å². The second-order valence-electron chi connectivity index (χ2n) is 14.1. The first-order chi connectivity index (χ1) is 27.7. The van der Waals surface area contributed by atoms with E-state index in [4.69, 9.17) is 28.8 Å². The zero-order valence-corrected chi connectivity index (χ0v) is 29.8. The molecule has 0 amide bonds. The van der Waals surface area contributed by atoms with E-state index in [1.54, 1.807) is 0 Å². The summed E-state index contributed by atoms with van der Waals surface area (Å²) < 4.78 is 13.4. The number of fused-ring (bicyclic) bond motifs is 13. The van der Waals surface area contributed by atoms with Gasteiger partial charge < -0.3 is 8.83 Å². The van der Waals surface area contributed by atoms with Crippen molar-refractivity contribution in [1.82, 2.24) is 19.9 Å². The highest BCUT2D eigenvalue weighted by Gasteiger charge is 2.24. The molecule has 0 aliphatic rings. The van der Waals surface area contributed by atoms with E-state index in [0.717, 1.165) is 54.7 Å². The molecule has 0 saturated heterocycles. The molecular weight excluding hydrogens is 689 g/mol. The molecule has 0 bridgehead atoms. The molecular formula is C50H28N4O2. The summed E-state index contributed by atoms with van der Waals surface area (Å²) in [4.78, 5) is 20.4. The van der Waals surface area contributed by atoms with Crippen LogP contribution in [-0.4, -0.2) is 19.9 Å². The molecule has 0 radical (unpaired) electrons. The van der Waals surface area contributed by atoms with Crippen LogP contribution in [0.15, 0.2) is 179 Å². The van der Waals surface area contributed by atoms with Gasteiger partial charge in [0.25, 0.3) is 0 Å². The summed E-state index contributed by atoms with van der Waals surface area (Å²) in [6.07, 6.45) is 0. The quantitative estimate of drug-likeness (QED) is 0.169. The number of nitrogens with zero attached hydrogens (tertiary/aromatic N) is 4. The zero-order valence-electron chi connectivity index (χ0n) is 29.8. The fraction of sp³-hybridized carbons (Fsp3) is 0. The topological polar surface area (TPSA) is 77.8 Å². The molecule has 56 heavy (non-hydrogen) atoms. The van der Waals surface area contributed by atoms with Crippen LogP contribution in [0.4, 0.5) is 0 Å². The maximum atomic E-state index is 6.82. The van der Waals surface area contributed by atoms with E-state index in [2.05, 4.69) is 97.1 Å². The van der Waals surface area contributed by atoms with Crippen LogP contribution < -0.4 is 0 Å². The second kappa shape index (κ2) is 11.9. The highest BCUT2D eigenvalue weighted by atomic mass is 16.4. The minimum absolute atomic E-state index is 0.519. The number of oxazole rings is 1. The summed E-state index contributed by atoms with van der Waals surface area (Å²) in [5.41, 5.74) is 6.30. The van der Waals surface area contributed by atoms with Crippen LogP contribution in [0.3, 0.4) is 0 Å². The SMILES string of the molecule is c1ccc(-c2nc(-c3ccc4c5ccccc5c5ccccc5c4c3)nc(-c3cc4ccccc4c4c3oc3ccc5nc(-c6ccccc6)oc5c34)n2)cc1. The van der Waals surface area contributed by atoms with Gasteiger partial charge in [-0.1, -0.05) is 133 Å². The third-order valence-electron chi connectivity index (χ3n) is 10.9. The van der Waals surface area contributed by atoms with E-state index < -0.39 is 0 Å². The number of aromatic nitrogens is 4. The Balaban J connectivity index is 1.14. The van der Waals surface area contributed by atoms with E-state index in [1.165, 1.54) is 26.9 Å². The predicted molar refractivity (Wildman–Crippen MR) is 226 cm³/mol. The maximum absolute atomic E-state index is 6.82. The van der Waals surface area contributed by atoms with E-state index in [0.29, 0.717) is 40.1 Å². The van der Waals surface area contributed by atoms with Crippen molar-refractivity contribution in [2.75, 3.05) is 0 Å². The van der Waals surface area contributed by atoms with Crippen molar-refractivity contribution in [1.29, 1.82) is 0 Å². The molecule has 0 aliphatic heterocycles. The van der Waals surface area contributed by atoms with Crippen LogP contribution in [0.1, 0.15) is 0 Å². The highest BCUT2D eigenvalue weighted by molar-refractivity contribution is 6.28. The smallest absolute Gasteiger partial charge is 0.227 e. The van der Waals surface area contributed by atoms with Gasteiger partial charge in [0, 0.05) is 22.1 Å². The first-order valence-corrected chi connectivity index (χ1v) is 18.6. The number of rotatable bonds is 4. The van der Waals surface area contributed by atoms with Gasteiger partial charge in [-0.15, -0.1) is 0 Å². The number of hydrogen-bond acceptors (Lipinski definition) is 6. The minimum atomic E-state index is 0.519. The summed E-state index contributed by atoms with van der Waals surface area (Å²) >= 11 is 0. The third kappa shape index (κ3) is 4.63. The second-order valence-corrected chi connectivity index (χ2v) is 14.1. The average molecular weight is 717 g/mol. The van der Waals surface area contributed by atoms with E-state index in [1.807, 2.05) is 72.8 Å². The van der Waals surface area contributed by atoms with Gasteiger partial charge in [-0.05, 0) is 79.5 Å². The Kier molecular flexibility index (Phi) is 6.53. The monoisotopic (exact) mass is 716 g/mol. The van der Waals surface area contributed by atoms with Crippen molar-refractivity contribution in [2.45, 2.75) is 0 Å². The molecule has 3 aromatic heterocycles. The Morgan fingerprint density at radius 3 is 1.62 bits per heavy atom. The number of hydrogen-bond donors (Lipinski definition) is 0. The lowest BCUT2D eigenvalue weighted by atomic mass is 9.93. The molecule has 9 aromatic carbocycles. The van der Waals surface area contributed by atoms with Crippen molar-refractivity contribution in [2.24, 2.45) is 0 Å². The lowest BCUT2D eigenvalue weighted by Crippen LogP contribution is -2.00. The number of furan rings is 1. The predicted octanol–water partition coefficient (Wildman–Crippen LogP) is 13.2. The lowest BCUT2D eigenvalue weighted by molar-refractivity contribution is 0.622. The summed E-state index contributed by atoms with van der Waals surface area (Å²) in [5.74, 6) is 2.24. The van der Waals surface area contributed by atoms with Gasteiger partial charge in [0.05, 0.1) is 10.9 Å².